The Kier molecular flexibility index (Phi) is 6.89. The number of nitrogens with one attached hydrogen (secondary N) is 1. The Bertz CT molecular complexity index is 790. The van der Waals surface area contributed by atoms with Crippen molar-refractivity contribution in [2.75, 3.05) is 37.6 Å². The molecule has 8 heteroatoms. The van der Waals surface area contributed by atoms with Crippen molar-refractivity contribution in [1.82, 2.24) is 25.2 Å². The standard InChI is InChI=1S/C20H26N6O2/c1-2-3-4-9-21-18(27)16-7-5-8-17(24-16)19(28)25-12-14-26(15-13-25)20-22-10-6-11-23-20/h5-8,10-11H,2-4,9,12-15H2,1H3,(H,21,27). The minimum atomic E-state index is -0.239. The third-order valence-corrected chi connectivity index (χ3v) is 4.67. The van der Waals surface area contributed by atoms with Crippen LogP contribution in [0.3, 0.4) is 0 Å². The van der Waals surface area contributed by atoms with Crippen LogP contribution in [0.1, 0.15) is 47.2 Å². The van der Waals surface area contributed by atoms with Crippen molar-refractivity contribution < 1.29 is 9.59 Å². The van der Waals surface area contributed by atoms with Gasteiger partial charge < -0.3 is 15.1 Å². The minimum Gasteiger partial charge on any atom is -0.351 e. The number of aromatic nitrogens is 3. The Hall–Kier alpha value is -3.03. The van der Waals surface area contributed by atoms with E-state index in [2.05, 4.69) is 32.1 Å². The lowest BCUT2D eigenvalue weighted by Crippen LogP contribution is -2.49. The van der Waals surface area contributed by atoms with Gasteiger partial charge in [-0.1, -0.05) is 25.8 Å². The van der Waals surface area contributed by atoms with Gasteiger partial charge in [0.15, 0.2) is 0 Å². The lowest BCUT2D eigenvalue weighted by molar-refractivity contribution is 0.0740. The van der Waals surface area contributed by atoms with Gasteiger partial charge in [0.2, 0.25) is 5.95 Å². The Labute approximate surface area is 165 Å². The fourth-order valence-corrected chi connectivity index (χ4v) is 3.07. The van der Waals surface area contributed by atoms with Gasteiger partial charge >= 0.3 is 0 Å². The summed E-state index contributed by atoms with van der Waals surface area (Å²) in [6.45, 7) is 5.18. The van der Waals surface area contributed by atoms with E-state index < -0.39 is 0 Å². The van der Waals surface area contributed by atoms with Crippen molar-refractivity contribution in [3.05, 3.63) is 48.0 Å². The molecule has 2 amide bonds. The molecule has 0 unspecified atom stereocenters. The van der Waals surface area contributed by atoms with Crippen LogP contribution >= 0.6 is 0 Å². The van der Waals surface area contributed by atoms with E-state index in [1.54, 1.807) is 41.6 Å². The lowest BCUT2D eigenvalue weighted by Gasteiger charge is -2.34. The third kappa shape index (κ3) is 5.03. The van der Waals surface area contributed by atoms with Gasteiger partial charge in [0.25, 0.3) is 11.8 Å². The highest BCUT2D eigenvalue weighted by molar-refractivity contribution is 5.96. The van der Waals surface area contributed by atoms with E-state index in [9.17, 15) is 9.59 Å². The van der Waals surface area contributed by atoms with E-state index in [0.29, 0.717) is 44.4 Å². The molecule has 0 atom stereocenters. The molecule has 3 heterocycles. The molecular formula is C20H26N6O2. The second-order valence-corrected chi connectivity index (χ2v) is 6.70. The zero-order chi connectivity index (χ0) is 19.8. The summed E-state index contributed by atoms with van der Waals surface area (Å²) in [5.41, 5.74) is 0.573. The zero-order valence-electron chi connectivity index (χ0n) is 16.2. The summed E-state index contributed by atoms with van der Waals surface area (Å²) in [7, 11) is 0. The van der Waals surface area contributed by atoms with Crippen LogP contribution in [0.5, 0.6) is 0 Å². The van der Waals surface area contributed by atoms with Crippen molar-refractivity contribution in [1.29, 1.82) is 0 Å². The van der Waals surface area contributed by atoms with Crippen LogP contribution in [0.15, 0.2) is 36.7 Å². The molecule has 1 fully saturated rings. The Morgan fingerprint density at radius 2 is 1.71 bits per heavy atom. The van der Waals surface area contributed by atoms with Gasteiger partial charge in [0.05, 0.1) is 0 Å². The summed E-state index contributed by atoms with van der Waals surface area (Å²) in [5, 5.41) is 2.86. The number of anilines is 1. The highest BCUT2D eigenvalue weighted by Crippen LogP contribution is 2.12. The van der Waals surface area contributed by atoms with Crippen LogP contribution < -0.4 is 10.2 Å². The number of carbonyl (C=O) groups is 2. The molecule has 8 nitrogen and oxygen atoms in total. The zero-order valence-corrected chi connectivity index (χ0v) is 16.2. The number of rotatable bonds is 7. The number of nitrogens with zero attached hydrogens (tertiary/aromatic N) is 5. The van der Waals surface area contributed by atoms with E-state index in [-0.39, 0.29) is 17.5 Å². The molecular weight excluding hydrogens is 356 g/mol. The van der Waals surface area contributed by atoms with Crippen LogP contribution in [0.25, 0.3) is 0 Å². The van der Waals surface area contributed by atoms with Crippen molar-refractivity contribution >= 4 is 17.8 Å². The fraction of sp³-hybridized carbons (Fsp3) is 0.450. The van der Waals surface area contributed by atoms with Gasteiger partial charge in [-0.3, -0.25) is 9.59 Å². The first kappa shape index (κ1) is 19.7. The molecule has 0 aliphatic carbocycles. The second kappa shape index (κ2) is 9.77. The van der Waals surface area contributed by atoms with Gasteiger partial charge in [-0.05, 0) is 24.6 Å². The molecule has 1 saturated heterocycles. The maximum absolute atomic E-state index is 12.8. The number of hydrogen-bond acceptors (Lipinski definition) is 6. The maximum Gasteiger partial charge on any atom is 0.272 e. The average molecular weight is 382 g/mol. The van der Waals surface area contributed by atoms with Crippen molar-refractivity contribution in [3.8, 4) is 0 Å². The number of unbranched alkanes of at least 4 members (excludes halogenated alkanes) is 2. The second-order valence-electron chi connectivity index (χ2n) is 6.70. The summed E-state index contributed by atoms with van der Waals surface area (Å²) in [6, 6.07) is 6.77. The van der Waals surface area contributed by atoms with Crippen molar-refractivity contribution in [3.63, 3.8) is 0 Å². The first-order chi connectivity index (χ1) is 13.7. The normalized spacial score (nSPS) is 14.0. The van der Waals surface area contributed by atoms with Gasteiger partial charge in [0, 0.05) is 45.1 Å². The molecule has 1 aliphatic rings. The molecule has 0 aromatic carbocycles. The predicted octanol–water partition coefficient (Wildman–Crippen LogP) is 1.75. The number of pyridine rings is 1. The molecule has 1 aliphatic heterocycles. The summed E-state index contributed by atoms with van der Waals surface area (Å²) < 4.78 is 0. The maximum atomic E-state index is 12.8. The highest BCUT2D eigenvalue weighted by Gasteiger charge is 2.24. The highest BCUT2D eigenvalue weighted by atomic mass is 16.2. The molecule has 0 radical (unpaired) electrons. The molecule has 1 N–H and O–H groups in total. The molecule has 28 heavy (non-hydrogen) atoms. The topological polar surface area (TPSA) is 91.3 Å². The van der Waals surface area contributed by atoms with Crippen LogP contribution in [0.4, 0.5) is 5.95 Å². The Balaban J connectivity index is 1.57. The summed E-state index contributed by atoms with van der Waals surface area (Å²) >= 11 is 0. The van der Waals surface area contributed by atoms with E-state index in [1.807, 2.05) is 0 Å². The van der Waals surface area contributed by atoms with E-state index in [1.165, 1.54) is 0 Å². The van der Waals surface area contributed by atoms with E-state index >= 15 is 0 Å². The molecule has 0 saturated carbocycles. The molecule has 3 rings (SSSR count). The first-order valence-electron chi connectivity index (χ1n) is 9.75. The molecule has 2 aromatic heterocycles. The van der Waals surface area contributed by atoms with Crippen molar-refractivity contribution in [2.45, 2.75) is 26.2 Å². The van der Waals surface area contributed by atoms with Crippen LogP contribution in [0.2, 0.25) is 0 Å². The van der Waals surface area contributed by atoms with Crippen LogP contribution in [-0.4, -0.2) is 64.4 Å². The van der Waals surface area contributed by atoms with Gasteiger partial charge in [-0.2, -0.15) is 0 Å². The van der Waals surface area contributed by atoms with Crippen molar-refractivity contribution in [2.24, 2.45) is 0 Å². The van der Waals surface area contributed by atoms with Crippen LogP contribution in [0, 0.1) is 0 Å². The fourth-order valence-electron chi connectivity index (χ4n) is 3.07. The average Bonchev–Trinajstić information content (AvgIpc) is 2.77. The number of carbonyl (C=O) groups excluding carboxylic acids is 2. The summed E-state index contributed by atoms with van der Waals surface area (Å²) in [6.07, 6.45) is 6.54. The summed E-state index contributed by atoms with van der Waals surface area (Å²) in [4.78, 5) is 41.6. The molecule has 2 aromatic rings. The van der Waals surface area contributed by atoms with Gasteiger partial charge in [-0.25, -0.2) is 15.0 Å². The quantitative estimate of drug-likeness (QED) is 0.734. The Morgan fingerprint density at radius 3 is 2.43 bits per heavy atom. The lowest BCUT2D eigenvalue weighted by atomic mass is 10.2. The van der Waals surface area contributed by atoms with Gasteiger partial charge in [-0.15, -0.1) is 0 Å². The van der Waals surface area contributed by atoms with Gasteiger partial charge in [0.1, 0.15) is 11.4 Å². The monoisotopic (exact) mass is 382 g/mol. The number of piperazine rings is 1. The smallest absolute Gasteiger partial charge is 0.272 e. The summed E-state index contributed by atoms with van der Waals surface area (Å²) in [5.74, 6) is 0.278. The molecule has 0 spiro atoms. The minimum absolute atomic E-state index is 0.158. The largest absolute Gasteiger partial charge is 0.351 e. The molecule has 148 valence electrons. The molecule has 0 bridgehead atoms. The first-order valence-corrected chi connectivity index (χ1v) is 9.75. The predicted molar refractivity (Wildman–Crippen MR) is 106 cm³/mol. The van der Waals surface area contributed by atoms with E-state index in [4.69, 9.17) is 0 Å². The number of hydrogen-bond donors (Lipinski definition) is 1. The Morgan fingerprint density at radius 1 is 1.00 bits per heavy atom. The van der Waals surface area contributed by atoms with E-state index in [0.717, 1.165) is 19.3 Å². The number of amides is 2. The SMILES string of the molecule is CCCCCNC(=O)c1cccc(C(=O)N2CCN(c3ncccn3)CC2)n1. The van der Waals surface area contributed by atoms with Crippen LogP contribution in [-0.2, 0) is 0 Å². The third-order valence-electron chi connectivity index (χ3n) is 4.67.